The maximum atomic E-state index is 12.8. The summed E-state index contributed by atoms with van der Waals surface area (Å²) in [7, 11) is 1.12. The molecule has 92 valence electrons. The summed E-state index contributed by atoms with van der Waals surface area (Å²) in [5, 5.41) is 12.1. The van der Waals surface area contributed by atoms with Gasteiger partial charge in [0.1, 0.15) is 17.4 Å². The smallest absolute Gasteiger partial charge is 0.220 e. The molecular weight excluding hydrogens is 281 g/mol. The van der Waals surface area contributed by atoms with E-state index < -0.39 is 19.9 Å². The zero-order valence-corrected chi connectivity index (χ0v) is 10.3. The Labute approximate surface area is 106 Å². The van der Waals surface area contributed by atoms with Crippen molar-refractivity contribution in [3.8, 4) is 11.8 Å². The van der Waals surface area contributed by atoms with Gasteiger partial charge < -0.3 is 0 Å². The summed E-state index contributed by atoms with van der Waals surface area (Å²) in [4.78, 5) is 0. The number of halogens is 2. The molecule has 5 nitrogen and oxygen atoms in total. The van der Waals surface area contributed by atoms with Gasteiger partial charge >= 0.3 is 0 Å². The maximum Gasteiger partial charge on any atom is 0.280 e. The zero-order valence-electron chi connectivity index (χ0n) is 8.71. The van der Waals surface area contributed by atoms with Crippen molar-refractivity contribution in [2.75, 3.05) is 0 Å². The summed E-state index contributed by atoms with van der Waals surface area (Å²) in [6, 6.07) is 6.63. The van der Waals surface area contributed by atoms with Gasteiger partial charge in [-0.1, -0.05) is 0 Å². The molecular formula is C10H5ClFN3O2S. The molecule has 8 heteroatoms. The van der Waals surface area contributed by atoms with E-state index in [4.69, 9.17) is 15.9 Å². The minimum absolute atomic E-state index is 0.172. The van der Waals surface area contributed by atoms with Crippen molar-refractivity contribution in [2.24, 2.45) is 0 Å². The van der Waals surface area contributed by atoms with Crippen LogP contribution >= 0.6 is 10.7 Å². The quantitative estimate of drug-likeness (QED) is 0.789. The summed E-state index contributed by atoms with van der Waals surface area (Å²) < 4.78 is 36.6. The summed E-state index contributed by atoms with van der Waals surface area (Å²) in [6.07, 6.45) is 1.08. The van der Waals surface area contributed by atoms with Crippen LogP contribution in [0.1, 0.15) is 5.56 Å². The predicted molar refractivity (Wildman–Crippen MR) is 61.3 cm³/mol. The molecule has 0 aliphatic carbocycles. The molecule has 0 aliphatic rings. The van der Waals surface area contributed by atoms with Crippen LogP contribution in [0.25, 0.3) is 5.69 Å². The van der Waals surface area contributed by atoms with Crippen molar-refractivity contribution in [3.05, 3.63) is 41.8 Å². The highest BCUT2D eigenvalue weighted by atomic mass is 35.7. The Hall–Kier alpha value is -1.91. The van der Waals surface area contributed by atoms with Crippen LogP contribution in [0.3, 0.4) is 0 Å². The lowest BCUT2D eigenvalue weighted by atomic mass is 10.3. The molecule has 0 atom stereocenters. The number of nitriles is 1. The predicted octanol–water partition coefficient (Wildman–Crippen LogP) is 1.81. The van der Waals surface area contributed by atoms with Crippen LogP contribution < -0.4 is 0 Å². The van der Waals surface area contributed by atoms with Crippen LogP contribution in [-0.4, -0.2) is 18.2 Å². The first kappa shape index (κ1) is 12.5. The normalized spacial score (nSPS) is 11.2. The van der Waals surface area contributed by atoms with Crippen LogP contribution in [0.2, 0.25) is 0 Å². The van der Waals surface area contributed by atoms with Crippen LogP contribution in [0.15, 0.2) is 35.5 Å². The topological polar surface area (TPSA) is 75.8 Å². The monoisotopic (exact) mass is 285 g/mol. The van der Waals surface area contributed by atoms with Crippen LogP contribution in [-0.2, 0) is 9.05 Å². The number of benzene rings is 1. The molecule has 0 bridgehead atoms. The third kappa shape index (κ3) is 2.20. The van der Waals surface area contributed by atoms with Crippen LogP contribution in [0.5, 0.6) is 0 Å². The zero-order chi connectivity index (χ0) is 13.3. The number of hydrogen-bond acceptors (Lipinski definition) is 4. The maximum absolute atomic E-state index is 12.8. The Morgan fingerprint density at radius 1 is 1.33 bits per heavy atom. The fourth-order valence-electron chi connectivity index (χ4n) is 1.41. The Morgan fingerprint density at radius 2 is 1.94 bits per heavy atom. The minimum atomic E-state index is -4.13. The molecule has 0 fully saturated rings. The highest BCUT2D eigenvalue weighted by molar-refractivity contribution is 8.13. The minimum Gasteiger partial charge on any atom is -0.220 e. The molecule has 0 N–H and O–H groups in total. The van der Waals surface area contributed by atoms with E-state index in [0.29, 0.717) is 0 Å². The van der Waals surface area contributed by atoms with Crippen LogP contribution in [0, 0.1) is 17.1 Å². The first-order valence-corrected chi connectivity index (χ1v) is 6.93. The van der Waals surface area contributed by atoms with Gasteiger partial charge in [-0.25, -0.2) is 17.5 Å². The molecule has 0 radical (unpaired) electrons. The lowest BCUT2D eigenvalue weighted by Gasteiger charge is -2.04. The van der Waals surface area contributed by atoms with Crippen molar-refractivity contribution in [1.82, 2.24) is 9.78 Å². The fourth-order valence-corrected chi connectivity index (χ4v) is 2.58. The van der Waals surface area contributed by atoms with E-state index in [1.807, 2.05) is 0 Å². The molecule has 0 spiro atoms. The first-order chi connectivity index (χ1) is 8.43. The lowest BCUT2D eigenvalue weighted by molar-refractivity contribution is 0.599. The summed E-state index contributed by atoms with van der Waals surface area (Å²) in [5.41, 5.74) is 0.117. The molecule has 0 unspecified atom stereocenters. The van der Waals surface area contributed by atoms with Crippen molar-refractivity contribution in [1.29, 1.82) is 5.26 Å². The second kappa shape index (κ2) is 4.40. The van der Waals surface area contributed by atoms with Gasteiger partial charge in [0.25, 0.3) is 9.05 Å². The van der Waals surface area contributed by atoms with Crippen molar-refractivity contribution < 1.29 is 12.8 Å². The Bertz CT molecular complexity index is 731. The van der Waals surface area contributed by atoms with Crippen molar-refractivity contribution >= 4 is 19.7 Å². The second-order valence-electron chi connectivity index (χ2n) is 3.30. The van der Waals surface area contributed by atoms with Gasteiger partial charge in [0, 0.05) is 10.7 Å². The fraction of sp³-hybridized carbons (Fsp3) is 0. The van der Waals surface area contributed by atoms with Crippen molar-refractivity contribution in [2.45, 2.75) is 5.03 Å². The van der Waals surface area contributed by atoms with Crippen molar-refractivity contribution in [3.63, 3.8) is 0 Å². The van der Waals surface area contributed by atoms with E-state index in [-0.39, 0.29) is 11.3 Å². The molecule has 18 heavy (non-hydrogen) atoms. The van der Waals surface area contributed by atoms with E-state index in [0.717, 1.165) is 23.0 Å². The van der Waals surface area contributed by atoms with Gasteiger partial charge in [-0.15, -0.1) is 0 Å². The Morgan fingerprint density at radius 3 is 2.44 bits per heavy atom. The summed E-state index contributed by atoms with van der Waals surface area (Å²) >= 11 is 0. The van der Waals surface area contributed by atoms with E-state index in [2.05, 4.69) is 5.10 Å². The Balaban J connectivity index is 2.70. The molecule has 0 saturated carbocycles. The average Bonchev–Trinajstić information content (AvgIpc) is 2.73. The molecule has 1 aromatic heterocycles. The Kier molecular flexibility index (Phi) is 3.07. The van der Waals surface area contributed by atoms with E-state index in [1.54, 1.807) is 6.07 Å². The number of rotatable bonds is 2. The third-order valence-electron chi connectivity index (χ3n) is 2.15. The molecule has 0 amide bonds. The molecule has 2 rings (SSSR count). The number of hydrogen-bond donors (Lipinski definition) is 0. The standard InChI is InChI=1S/C10H5ClFN3O2S/c11-18(16,17)10-7(5-13)6-14-15(10)9-3-1-8(12)2-4-9/h1-4,6H. The summed E-state index contributed by atoms with van der Waals surface area (Å²) in [5.74, 6) is -0.471. The molecule has 0 aliphatic heterocycles. The lowest BCUT2D eigenvalue weighted by Crippen LogP contribution is -2.06. The van der Waals surface area contributed by atoms with Gasteiger partial charge in [-0.05, 0) is 24.3 Å². The van der Waals surface area contributed by atoms with Crippen LogP contribution in [0.4, 0.5) is 4.39 Å². The molecule has 2 aromatic rings. The van der Waals surface area contributed by atoms with E-state index in [9.17, 15) is 12.8 Å². The highest BCUT2D eigenvalue weighted by Gasteiger charge is 2.23. The number of aromatic nitrogens is 2. The van der Waals surface area contributed by atoms with Gasteiger partial charge in [0.2, 0.25) is 0 Å². The summed E-state index contributed by atoms with van der Waals surface area (Å²) in [6.45, 7) is 0. The molecule has 1 heterocycles. The van der Waals surface area contributed by atoms with Gasteiger partial charge in [-0.2, -0.15) is 10.4 Å². The van der Waals surface area contributed by atoms with Gasteiger partial charge in [0.15, 0.2) is 5.03 Å². The SMILES string of the molecule is N#Cc1cnn(-c2ccc(F)cc2)c1S(=O)(=O)Cl. The van der Waals surface area contributed by atoms with Gasteiger partial charge in [0.05, 0.1) is 11.9 Å². The van der Waals surface area contributed by atoms with E-state index in [1.165, 1.54) is 12.1 Å². The van der Waals surface area contributed by atoms with E-state index >= 15 is 0 Å². The second-order valence-corrected chi connectivity index (χ2v) is 5.78. The highest BCUT2D eigenvalue weighted by Crippen LogP contribution is 2.22. The largest absolute Gasteiger partial charge is 0.280 e. The molecule has 1 aromatic carbocycles. The average molecular weight is 286 g/mol. The molecule has 0 saturated heterocycles. The third-order valence-corrected chi connectivity index (χ3v) is 3.44. The number of nitrogens with zero attached hydrogens (tertiary/aromatic N) is 3. The first-order valence-electron chi connectivity index (χ1n) is 4.62. The van der Waals surface area contributed by atoms with Gasteiger partial charge in [-0.3, -0.25) is 0 Å².